The summed E-state index contributed by atoms with van der Waals surface area (Å²) in [6.07, 6.45) is 0. The van der Waals surface area contributed by atoms with Gasteiger partial charge in [0.15, 0.2) is 6.61 Å². The third kappa shape index (κ3) is 4.60. The van der Waals surface area contributed by atoms with Gasteiger partial charge in [0.1, 0.15) is 0 Å². The van der Waals surface area contributed by atoms with Crippen LogP contribution in [0.2, 0.25) is 0 Å². The summed E-state index contributed by atoms with van der Waals surface area (Å²) in [5.41, 5.74) is 2.57. The number of carbonyl (C=O) groups excluding carboxylic acids is 1. The molecule has 1 heterocycles. The molecule has 1 aromatic heterocycles. The van der Waals surface area contributed by atoms with E-state index >= 15 is 0 Å². The molecule has 1 aromatic carbocycles. The molecule has 0 aliphatic rings. The number of hydrogen-bond acceptors (Lipinski definition) is 5. The molecule has 2 aromatic rings. The Balaban J connectivity index is 1.82. The van der Waals surface area contributed by atoms with Crippen LogP contribution in [0.25, 0.3) is 0 Å². The number of amides is 1. The van der Waals surface area contributed by atoms with Crippen molar-refractivity contribution in [3.05, 3.63) is 46.7 Å². The van der Waals surface area contributed by atoms with E-state index in [9.17, 15) is 4.79 Å². The Bertz CT molecular complexity index is 634. The maximum atomic E-state index is 11.8. The summed E-state index contributed by atoms with van der Waals surface area (Å²) in [4.78, 5) is 19.9. The van der Waals surface area contributed by atoms with Gasteiger partial charge in [0, 0.05) is 25.5 Å². The van der Waals surface area contributed by atoms with Crippen molar-refractivity contribution in [3.8, 4) is 0 Å². The summed E-state index contributed by atoms with van der Waals surface area (Å²) in [6.45, 7) is 1.74. The first kappa shape index (κ1) is 16.0. The second-order valence-corrected chi connectivity index (χ2v) is 5.86. The van der Waals surface area contributed by atoms with Crippen LogP contribution in [-0.4, -0.2) is 32.3 Å². The smallest absolute Gasteiger partial charge is 0.265 e. The van der Waals surface area contributed by atoms with Crippen molar-refractivity contribution in [1.29, 1.82) is 0 Å². The average Bonchev–Trinajstić information content (AvgIpc) is 3.02. The number of nitrogens with one attached hydrogen (secondary N) is 1. The van der Waals surface area contributed by atoms with E-state index in [1.54, 1.807) is 11.3 Å². The number of anilines is 2. The monoisotopic (exact) mass is 317 g/mol. The number of thiophene rings is 1. The van der Waals surface area contributed by atoms with E-state index in [-0.39, 0.29) is 12.5 Å². The van der Waals surface area contributed by atoms with Gasteiger partial charge in [0.25, 0.3) is 5.91 Å². The average molecular weight is 317 g/mol. The Labute approximate surface area is 134 Å². The molecule has 1 amide bonds. The van der Waals surface area contributed by atoms with Crippen LogP contribution in [0.4, 0.5) is 11.4 Å². The van der Waals surface area contributed by atoms with Crippen LogP contribution in [0, 0.1) is 0 Å². The van der Waals surface area contributed by atoms with Crippen molar-refractivity contribution in [2.24, 2.45) is 5.16 Å². The van der Waals surface area contributed by atoms with Crippen LogP contribution >= 0.6 is 11.3 Å². The van der Waals surface area contributed by atoms with E-state index < -0.39 is 0 Å². The Hall–Kier alpha value is -2.34. The van der Waals surface area contributed by atoms with Crippen LogP contribution in [0.1, 0.15) is 11.8 Å². The van der Waals surface area contributed by atoms with E-state index in [4.69, 9.17) is 4.84 Å². The lowest BCUT2D eigenvalue weighted by molar-refractivity contribution is -0.120. The fraction of sp³-hybridized carbons (Fsp3) is 0.250. The Morgan fingerprint density at radius 3 is 2.59 bits per heavy atom. The Morgan fingerprint density at radius 1 is 1.27 bits per heavy atom. The van der Waals surface area contributed by atoms with E-state index in [0.717, 1.165) is 22.0 Å². The molecule has 0 unspecified atom stereocenters. The van der Waals surface area contributed by atoms with Gasteiger partial charge in [-0.05, 0) is 42.6 Å². The fourth-order valence-corrected chi connectivity index (χ4v) is 2.43. The lowest BCUT2D eigenvalue weighted by Gasteiger charge is -2.12. The highest BCUT2D eigenvalue weighted by molar-refractivity contribution is 7.12. The first-order valence-corrected chi connectivity index (χ1v) is 7.72. The van der Waals surface area contributed by atoms with Crippen molar-refractivity contribution in [2.45, 2.75) is 6.92 Å². The van der Waals surface area contributed by atoms with Crippen LogP contribution in [-0.2, 0) is 9.63 Å². The predicted molar refractivity (Wildman–Crippen MR) is 91.9 cm³/mol. The molecule has 22 heavy (non-hydrogen) atoms. The minimum atomic E-state index is -0.236. The Morgan fingerprint density at radius 2 is 2.00 bits per heavy atom. The molecule has 0 aliphatic heterocycles. The molecule has 0 aliphatic carbocycles. The normalized spacial score (nSPS) is 11.1. The third-order valence-corrected chi connectivity index (χ3v) is 3.92. The van der Waals surface area contributed by atoms with Gasteiger partial charge in [-0.3, -0.25) is 4.79 Å². The maximum Gasteiger partial charge on any atom is 0.265 e. The molecule has 0 saturated carbocycles. The van der Waals surface area contributed by atoms with Gasteiger partial charge in [0.2, 0.25) is 0 Å². The predicted octanol–water partition coefficient (Wildman–Crippen LogP) is 3.19. The second kappa shape index (κ2) is 7.61. The zero-order valence-electron chi connectivity index (χ0n) is 12.9. The standard InChI is InChI=1S/C16H19N3O2S/c1-12(15-5-4-10-22-15)18-21-11-16(20)17-13-6-8-14(9-7-13)19(2)3/h4-10H,11H2,1-3H3,(H,17,20)/b18-12-. The van der Waals surface area contributed by atoms with Crippen LogP contribution < -0.4 is 10.2 Å². The van der Waals surface area contributed by atoms with Gasteiger partial charge in [-0.1, -0.05) is 11.2 Å². The minimum Gasteiger partial charge on any atom is -0.385 e. The highest BCUT2D eigenvalue weighted by atomic mass is 32.1. The van der Waals surface area contributed by atoms with Crippen LogP contribution in [0.3, 0.4) is 0 Å². The van der Waals surface area contributed by atoms with Crippen LogP contribution in [0.5, 0.6) is 0 Å². The number of carbonyl (C=O) groups is 1. The van der Waals surface area contributed by atoms with Gasteiger partial charge in [-0.2, -0.15) is 0 Å². The lowest BCUT2D eigenvalue weighted by atomic mass is 10.2. The van der Waals surface area contributed by atoms with Gasteiger partial charge < -0.3 is 15.1 Å². The van der Waals surface area contributed by atoms with Crippen molar-refractivity contribution in [3.63, 3.8) is 0 Å². The topological polar surface area (TPSA) is 53.9 Å². The molecule has 6 heteroatoms. The first-order valence-electron chi connectivity index (χ1n) is 6.84. The van der Waals surface area contributed by atoms with E-state index in [1.807, 2.05) is 67.7 Å². The molecule has 2 rings (SSSR count). The fourth-order valence-electron chi connectivity index (χ4n) is 1.76. The molecule has 0 fully saturated rings. The summed E-state index contributed by atoms with van der Waals surface area (Å²) in [6, 6.07) is 11.5. The second-order valence-electron chi connectivity index (χ2n) is 4.92. The van der Waals surface area contributed by atoms with Gasteiger partial charge in [-0.25, -0.2) is 0 Å². The van der Waals surface area contributed by atoms with Crippen LogP contribution in [0.15, 0.2) is 46.9 Å². The molecular weight excluding hydrogens is 298 g/mol. The highest BCUT2D eigenvalue weighted by Crippen LogP contribution is 2.15. The van der Waals surface area contributed by atoms with Crippen molar-refractivity contribution >= 4 is 34.3 Å². The van der Waals surface area contributed by atoms with Gasteiger partial charge >= 0.3 is 0 Å². The van der Waals surface area contributed by atoms with Crippen molar-refractivity contribution < 1.29 is 9.63 Å². The highest BCUT2D eigenvalue weighted by Gasteiger charge is 2.04. The molecule has 116 valence electrons. The lowest BCUT2D eigenvalue weighted by Crippen LogP contribution is -2.17. The van der Waals surface area contributed by atoms with Crippen molar-refractivity contribution in [1.82, 2.24) is 0 Å². The number of hydrogen-bond donors (Lipinski definition) is 1. The number of oxime groups is 1. The van der Waals surface area contributed by atoms with Gasteiger partial charge in [-0.15, -0.1) is 11.3 Å². The molecule has 5 nitrogen and oxygen atoms in total. The Kier molecular flexibility index (Phi) is 5.55. The molecule has 0 saturated heterocycles. The molecule has 1 N–H and O–H groups in total. The van der Waals surface area contributed by atoms with E-state index in [2.05, 4.69) is 10.5 Å². The summed E-state index contributed by atoms with van der Waals surface area (Å²) in [5, 5.41) is 8.68. The summed E-state index contributed by atoms with van der Waals surface area (Å²) in [5.74, 6) is -0.236. The summed E-state index contributed by atoms with van der Waals surface area (Å²) < 4.78 is 0. The maximum absolute atomic E-state index is 11.8. The third-order valence-electron chi connectivity index (χ3n) is 2.94. The number of benzene rings is 1. The zero-order valence-corrected chi connectivity index (χ0v) is 13.7. The zero-order chi connectivity index (χ0) is 15.9. The summed E-state index contributed by atoms with van der Waals surface area (Å²) in [7, 11) is 3.94. The largest absolute Gasteiger partial charge is 0.385 e. The van der Waals surface area contributed by atoms with Gasteiger partial charge in [0.05, 0.1) is 10.6 Å². The summed E-state index contributed by atoms with van der Waals surface area (Å²) >= 11 is 1.58. The molecule has 0 spiro atoms. The molecule has 0 radical (unpaired) electrons. The first-order chi connectivity index (χ1) is 10.6. The molecule has 0 bridgehead atoms. The number of rotatable bonds is 6. The SMILES string of the molecule is C/C(=N/OCC(=O)Nc1ccc(N(C)C)cc1)c1cccs1. The molecular formula is C16H19N3O2S. The molecule has 0 atom stereocenters. The van der Waals surface area contributed by atoms with E-state index in [0.29, 0.717) is 0 Å². The number of nitrogens with zero attached hydrogens (tertiary/aromatic N) is 2. The van der Waals surface area contributed by atoms with Crippen molar-refractivity contribution in [2.75, 3.05) is 30.9 Å². The van der Waals surface area contributed by atoms with E-state index in [1.165, 1.54) is 0 Å². The minimum absolute atomic E-state index is 0.113. The quantitative estimate of drug-likeness (QED) is 0.657.